The Balaban J connectivity index is 1.22. The van der Waals surface area contributed by atoms with Crippen LogP contribution in [0.2, 0.25) is 0 Å². The predicted octanol–water partition coefficient (Wildman–Crippen LogP) is 3.50. The number of hydrogen-bond donors (Lipinski definition) is 1. The smallest absolute Gasteiger partial charge is 0.244 e. The number of ether oxygens (including phenoxy) is 1. The number of carbonyl (C=O) groups excluding carboxylic acids is 1. The Morgan fingerprint density at radius 2 is 1.97 bits per heavy atom. The van der Waals surface area contributed by atoms with Gasteiger partial charge < -0.3 is 9.64 Å². The number of aromatic nitrogens is 1. The van der Waals surface area contributed by atoms with Crippen molar-refractivity contribution < 1.29 is 9.53 Å². The lowest BCUT2D eigenvalue weighted by Crippen LogP contribution is -2.36. The Morgan fingerprint density at radius 1 is 1.16 bits per heavy atom. The van der Waals surface area contributed by atoms with Crippen LogP contribution in [-0.2, 0) is 14.9 Å². The molecule has 0 radical (unpaired) electrons. The van der Waals surface area contributed by atoms with E-state index in [1.54, 1.807) is 12.4 Å². The third kappa shape index (κ3) is 3.91. The molecule has 1 aromatic heterocycles. The highest BCUT2D eigenvalue weighted by Gasteiger charge is 2.55. The van der Waals surface area contributed by atoms with Gasteiger partial charge in [-0.25, -0.2) is 5.43 Å². The zero-order valence-corrected chi connectivity index (χ0v) is 17.6. The number of benzene rings is 2. The summed E-state index contributed by atoms with van der Waals surface area (Å²) in [6, 6.07) is 18.4. The van der Waals surface area contributed by atoms with Gasteiger partial charge in [-0.3, -0.25) is 9.78 Å². The van der Waals surface area contributed by atoms with E-state index in [4.69, 9.17) is 4.74 Å². The van der Waals surface area contributed by atoms with Crippen LogP contribution in [0.1, 0.15) is 24.5 Å². The van der Waals surface area contributed by atoms with Crippen molar-refractivity contribution >= 4 is 28.7 Å². The minimum Gasteiger partial charge on any atom is -0.378 e. The maximum atomic E-state index is 12.7. The SMILES string of the molecule is CC1(c2ccc(N3CCOCC3)cc2)CC1C(=O)N/N=C/c1cccc2ncccc12. The summed E-state index contributed by atoms with van der Waals surface area (Å²) in [5.74, 6) is -0.0950. The first kappa shape index (κ1) is 19.7. The maximum absolute atomic E-state index is 12.7. The number of carbonyl (C=O) groups is 1. The van der Waals surface area contributed by atoms with E-state index in [1.807, 2.05) is 30.3 Å². The van der Waals surface area contributed by atoms with Gasteiger partial charge in [0.1, 0.15) is 0 Å². The summed E-state index contributed by atoms with van der Waals surface area (Å²) in [5.41, 5.74) is 6.86. The number of fused-ring (bicyclic) bond motifs is 1. The van der Waals surface area contributed by atoms with Gasteiger partial charge in [-0.1, -0.05) is 37.3 Å². The number of nitrogens with one attached hydrogen (secondary N) is 1. The molecule has 1 saturated heterocycles. The number of pyridine rings is 1. The fourth-order valence-corrected chi connectivity index (χ4v) is 4.42. The van der Waals surface area contributed by atoms with E-state index >= 15 is 0 Å². The van der Waals surface area contributed by atoms with E-state index in [-0.39, 0.29) is 17.2 Å². The number of nitrogens with zero attached hydrogens (tertiary/aromatic N) is 3. The van der Waals surface area contributed by atoms with Crippen LogP contribution < -0.4 is 10.3 Å². The molecule has 5 rings (SSSR count). The minimum absolute atomic E-state index is 0.0330. The van der Waals surface area contributed by atoms with Crippen LogP contribution >= 0.6 is 0 Å². The zero-order chi connectivity index (χ0) is 21.3. The van der Waals surface area contributed by atoms with Gasteiger partial charge in [0.05, 0.1) is 30.9 Å². The largest absolute Gasteiger partial charge is 0.378 e. The van der Waals surface area contributed by atoms with Crippen molar-refractivity contribution in [2.75, 3.05) is 31.2 Å². The van der Waals surface area contributed by atoms with Gasteiger partial charge in [0.25, 0.3) is 0 Å². The van der Waals surface area contributed by atoms with Gasteiger partial charge in [0, 0.05) is 41.3 Å². The first-order chi connectivity index (χ1) is 15.1. The molecule has 3 aromatic rings. The average Bonchev–Trinajstić information content (AvgIpc) is 3.53. The summed E-state index contributed by atoms with van der Waals surface area (Å²) < 4.78 is 5.43. The number of anilines is 1. The molecule has 31 heavy (non-hydrogen) atoms. The van der Waals surface area contributed by atoms with Crippen molar-refractivity contribution in [3.05, 3.63) is 71.9 Å². The fraction of sp³-hybridized carbons (Fsp3) is 0.320. The molecule has 1 amide bonds. The van der Waals surface area contributed by atoms with Crippen molar-refractivity contribution in [2.24, 2.45) is 11.0 Å². The second-order valence-corrected chi connectivity index (χ2v) is 8.47. The molecule has 2 atom stereocenters. The van der Waals surface area contributed by atoms with E-state index in [9.17, 15) is 4.79 Å². The Hall–Kier alpha value is -3.25. The fourth-order valence-electron chi connectivity index (χ4n) is 4.42. The number of hydrogen-bond acceptors (Lipinski definition) is 5. The molecule has 0 bridgehead atoms. The summed E-state index contributed by atoms with van der Waals surface area (Å²) in [4.78, 5) is 19.4. The molecule has 1 saturated carbocycles. The van der Waals surface area contributed by atoms with Crippen molar-refractivity contribution in [1.29, 1.82) is 0 Å². The van der Waals surface area contributed by atoms with Gasteiger partial charge in [-0.2, -0.15) is 5.10 Å². The molecular weight excluding hydrogens is 388 g/mol. The van der Waals surface area contributed by atoms with Crippen LogP contribution in [-0.4, -0.2) is 43.4 Å². The van der Waals surface area contributed by atoms with E-state index < -0.39 is 0 Å². The molecule has 1 N–H and O–H groups in total. The highest BCUT2D eigenvalue weighted by Crippen LogP contribution is 2.54. The molecule has 2 fully saturated rings. The Labute approximate surface area is 181 Å². The number of morpholine rings is 1. The third-order valence-electron chi connectivity index (χ3n) is 6.51. The van der Waals surface area contributed by atoms with Crippen molar-refractivity contribution in [3.63, 3.8) is 0 Å². The Bertz CT molecular complexity index is 1120. The first-order valence-electron chi connectivity index (χ1n) is 10.7. The molecule has 2 aromatic carbocycles. The van der Waals surface area contributed by atoms with Crippen molar-refractivity contribution in [1.82, 2.24) is 10.4 Å². The van der Waals surface area contributed by atoms with Crippen LogP contribution in [0.5, 0.6) is 0 Å². The molecule has 2 heterocycles. The maximum Gasteiger partial charge on any atom is 0.244 e. The van der Waals surface area contributed by atoms with Crippen molar-refractivity contribution in [2.45, 2.75) is 18.8 Å². The minimum atomic E-state index is -0.132. The second-order valence-electron chi connectivity index (χ2n) is 8.47. The first-order valence-corrected chi connectivity index (χ1v) is 10.7. The summed E-state index contributed by atoms with van der Waals surface area (Å²) in [5, 5.41) is 5.23. The van der Waals surface area contributed by atoms with Gasteiger partial charge in [-0.15, -0.1) is 0 Å². The number of hydrazone groups is 1. The molecule has 1 aliphatic heterocycles. The zero-order valence-electron chi connectivity index (χ0n) is 17.6. The normalized spacial score (nSPS) is 23.3. The number of rotatable bonds is 5. The molecule has 0 spiro atoms. The molecule has 6 heteroatoms. The standard InChI is InChI=1S/C25H26N4O2/c1-25(19-7-9-20(10-8-19)29-12-14-31-15-13-29)16-22(25)24(30)28-27-17-18-4-2-6-23-21(18)5-3-11-26-23/h2-11,17,22H,12-16H2,1H3,(H,28,30)/b27-17+. The summed E-state index contributed by atoms with van der Waals surface area (Å²) in [6.07, 6.45) is 4.30. The monoisotopic (exact) mass is 414 g/mol. The predicted molar refractivity (Wildman–Crippen MR) is 122 cm³/mol. The van der Waals surface area contributed by atoms with Crippen LogP contribution in [0.3, 0.4) is 0 Å². The summed E-state index contributed by atoms with van der Waals surface area (Å²) >= 11 is 0. The van der Waals surface area contributed by atoms with Crippen LogP contribution in [0.4, 0.5) is 5.69 Å². The molecule has 6 nitrogen and oxygen atoms in total. The quantitative estimate of drug-likeness (QED) is 0.513. The lowest BCUT2D eigenvalue weighted by molar-refractivity contribution is -0.122. The Kier molecular flexibility index (Phi) is 5.16. The van der Waals surface area contributed by atoms with Gasteiger partial charge in [-0.05, 0) is 36.2 Å². The van der Waals surface area contributed by atoms with E-state index in [0.717, 1.165) is 49.2 Å². The van der Waals surface area contributed by atoms with Crippen LogP contribution in [0.25, 0.3) is 10.9 Å². The highest BCUT2D eigenvalue weighted by molar-refractivity contribution is 5.98. The highest BCUT2D eigenvalue weighted by atomic mass is 16.5. The van der Waals surface area contributed by atoms with E-state index in [0.29, 0.717) is 0 Å². The van der Waals surface area contributed by atoms with Crippen molar-refractivity contribution in [3.8, 4) is 0 Å². The molecule has 2 aliphatic rings. The molecule has 1 aliphatic carbocycles. The summed E-state index contributed by atoms with van der Waals surface area (Å²) in [7, 11) is 0. The topological polar surface area (TPSA) is 66.8 Å². The number of amides is 1. The van der Waals surface area contributed by atoms with Gasteiger partial charge >= 0.3 is 0 Å². The van der Waals surface area contributed by atoms with E-state index in [1.165, 1.54) is 11.3 Å². The average molecular weight is 415 g/mol. The lowest BCUT2D eigenvalue weighted by atomic mass is 9.95. The summed E-state index contributed by atoms with van der Waals surface area (Å²) in [6.45, 7) is 5.55. The van der Waals surface area contributed by atoms with Gasteiger partial charge in [0.15, 0.2) is 0 Å². The van der Waals surface area contributed by atoms with E-state index in [2.05, 4.69) is 51.6 Å². The van der Waals surface area contributed by atoms with Crippen LogP contribution in [0, 0.1) is 5.92 Å². The van der Waals surface area contributed by atoms with Gasteiger partial charge in [0.2, 0.25) is 5.91 Å². The molecular formula is C25H26N4O2. The Morgan fingerprint density at radius 3 is 2.77 bits per heavy atom. The second kappa shape index (κ2) is 8.12. The molecule has 158 valence electrons. The molecule has 2 unspecified atom stereocenters. The third-order valence-corrected chi connectivity index (χ3v) is 6.51. The van der Waals surface area contributed by atoms with Crippen LogP contribution in [0.15, 0.2) is 65.9 Å². The lowest BCUT2D eigenvalue weighted by Gasteiger charge is -2.29.